The summed E-state index contributed by atoms with van der Waals surface area (Å²) in [5.41, 5.74) is 2.24. The molecule has 0 aliphatic carbocycles. The van der Waals surface area contributed by atoms with E-state index < -0.39 is 28.3 Å². The molecule has 4 rings (SSSR count). The molecule has 1 aromatic heterocycles. The molecule has 3 N–H and O–H groups in total. The number of rotatable bonds is 7. The van der Waals surface area contributed by atoms with Crippen molar-refractivity contribution in [1.82, 2.24) is 20.9 Å². The number of carbonyl (C=O) groups excluding carboxylic acids is 2. The lowest BCUT2D eigenvalue weighted by Gasteiger charge is -2.18. The molecule has 0 aliphatic heterocycles. The van der Waals surface area contributed by atoms with Crippen LogP contribution in [0, 0.1) is 10.1 Å². The van der Waals surface area contributed by atoms with Gasteiger partial charge >= 0.3 is 0 Å². The van der Waals surface area contributed by atoms with Crippen LogP contribution < -0.4 is 16.3 Å². The fourth-order valence-corrected chi connectivity index (χ4v) is 3.41. The highest BCUT2D eigenvalue weighted by molar-refractivity contribution is 5.99. The molecule has 0 fully saturated rings. The number of nitro benzene ring substituents is 1. The van der Waals surface area contributed by atoms with E-state index in [0.29, 0.717) is 10.9 Å². The lowest BCUT2D eigenvalue weighted by atomic mass is 10.0. The molecule has 4 aromatic rings. The first-order valence-corrected chi connectivity index (χ1v) is 10.4. The third kappa shape index (κ3) is 5.09. The first kappa shape index (κ1) is 23.0. The first-order chi connectivity index (χ1) is 17.0. The third-order valence-corrected chi connectivity index (χ3v) is 5.08. The topological polar surface area (TPSA) is 159 Å². The Morgan fingerprint density at radius 3 is 2.37 bits per heavy atom. The van der Waals surface area contributed by atoms with Crippen molar-refractivity contribution in [2.45, 2.75) is 6.04 Å². The highest BCUT2D eigenvalue weighted by atomic mass is 16.6. The van der Waals surface area contributed by atoms with E-state index in [9.17, 15) is 24.5 Å². The highest BCUT2D eigenvalue weighted by Gasteiger charge is 2.27. The van der Waals surface area contributed by atoms with Gasteiger partial charge in [-0.05, 0) is 24.3 Å². The van der Waals surface area contributed by atoms with Gasteiger partial charge in [-0.1, -0.05) is 48.5 Å². The van der Waals surface area contributed by atoms with Crippen LogP contribution in [-0.4, -0.2) is 33.1 Å². The zero-order valence-corrected chi connectivity index (χ0v) is 18.0. The summed E-state index contributed by atoms with van der Waals surface area (Å²) in [5, 5.41) is 24.7. The number of carbonyl (C=O) groups is 2. The Bertz CT molecular complexity index is 1500. The molecule has 0 radical (unpaired) electrons. The Labute approximate surface area is 197 Å². The SMILES string of the molecule is O=C(NC(C(=O)N/N=C\c1ccccc1[N+](=O)[O-])c1n[nH]c(=O)c2ccccc12)c1ccccc1. The predicted molar refractivity (Wildman–Crippen MR) is 128 cm³/mol. The lowest BCUT2D eigenvalue weighted by Crippen LogP contribution is -2.40. The van der Waals surface area contributed by atoms with Crippen LogP contribution in [-0.2, 0) is 4.79 Å². The largest absolute Gasteiger partial charge is 0.335 e. The van der Waals surface area contributed by atoms with Crippen LogP contribution in [0.5, 0.6) is 0 Å². The molecule has 0 saturated heterocycles. The van der Waals surface area contributed by atoms with Gasteiger partial charge in [-0.3, -0.25) is 24.5 Å². The number of aromatic amines is 1. The average Bonchev–Trinajstić information content (AvgIpc) is 2.88. The molecule has 0 spiro atoms. The second-order valence-electron chi connectivity index (χ2n) is 7.31. The van der Waals surface area contributed by atoms with Gasteiger partial charge in [-0.15, -0.1) is 0 Å². The summed E-state index contributed by atoms with van der Waals surface area (Å²) in [6.07, 6.45) is 1.13. The molecule has 1 unspecified atom stereocenters. The standard InChI is InChI=1S/C24H18N6O5/c31-22(15-8-2-1-3-9-15)26-21(20-17-11-5-6-12-18(17)23(32)29-27-20)24(33)28-25-14-16-10-4-7-13-19(16)30(34)35/h1-14,21H,(H,26,31)(H,28,33)(H,29,32)/b25-14-. The van der Waals surface area contributed by atoms with Crippen LogP contribution in [0.2, 0.25) is 0 Å². The summed E-state index contributed by atoms with van der Waals surface area (Å²) >= 11 is 0. The fraction of sp³-hybridized carbons (Fsp3) is 0.0417. The molecule has 35 heavy (non-hydrogen) atoms. The van der Waals surface area contributed by atoms with Crippen molar-refractivity contribution in [3.05, 3.63) is 116 Å². The minimum absolute atomic E-state index is 0.0999. The second-order valence-corrected chi connectivity index (χ2v) is 7.31. The molecule has 174 valence electrons. The summed E-state index contributed by atoms with van der Waals surface area (Å²) in [5.74, 6) is -1.32. The van der Waals surface area contributed by atoms with Crippen molar-refractivity contribution >= 4 is 34.5 Å². The normalized spacial score (nSPS) is 11.8. The van der Waals surface area contributed by atoms with Crippen molar-refractivity contribution in [2.75, 3.05) is 0 Å². The van der Waals surface area contributed by atoms with Crippen LogP contribution in [0.15, 0.2) is 88.8 Å². The van der Waals surface area contributed by atoms with Gasteiger partial charge in [0.15, 0.2) is 6.04 Å². The van der Waals surface area contributed by atoms with Crippen molar-refractivity contribution in [3.8, 4) is 0 Å². The molecule has 11 nitrogen and oxygen atoms in total. The number of hydrazone groups is 1. The van der Waals surface area contributed by atoms with Crippen LogP contribution in [0.3, 0.4) is 0 Å². The van der Waals surface area contributed by atoms with E-state index in [2.05, 4.69) is 26.0 Å². The number of nitrogens with zero attached hydrogens (tertiary/aromatic N) is 3. The number of hydrogen-bond donors (Lipinski definition) is 3. The number of nitrogens with one attached hydrogen (secondary N) is 3. The molecule has 0 aliphatic rings. The summed E-state index contributed by atoms with van der Waals surface area (Å²) < 4.78 is 0. The highest BCUT2D eigenvalue weighted by Crippen LogP contribution is 2.21. The van der Waals surface area contributed by atoms with Crippen molar-refractivity contribution in [3.63, 3.8) is 0 Å². The van der Waals surface area contributed by atoms with E-state index in [4.69, 9.17) is 0 Å². The van der Waals surface area contributed by atoms with Gasteiger partial charge in [0.05, 0.1) is 22.1 Å². The average molecular weight is 470 g/mol. The Kier molecular flexibility index (Phi) is 6.68. The van der Waals surface area contributed by atoms with Gasteiger partial charge in [0.1, 0.15) is 5.69 Å². The number of nitro groups is 1. The van der Waals surface area contributed by atoms with E-state index in [0.717, 1.165) is 6.21 Å². The quantitative estimate of drug-likeness (QED) is 0.214. The molecule has 11 heteroatoms. The summed E-state index contributed by atoms with van der Waals surface area (Å²) in [7, 11) is 0. The molecule has 1 atom stereocenters. The van der Waals surface area contributed by atoms with Crippen LogP contribution in [0.1, 0.15) is 27.7 Å². The van der Waals surface area contributed by atoms with Crippen LogP contribution in [0.4, 0.5) is 5.69 Å². The third-order valence-electron chi connectivity index (χ3n) is 5.08. The van der Waals surface area contributed by atoms with Gasteiger partial charge in [0.25, 0.3) is 23.1 Å². The van der Waals surface area contributed by atoms with E-state index in [1.54, 1.807) is 60.7 Å². The Hall–Kier alpha value is -5.19. The summed E-state index contributed by atoms with van der Waals surface area (Å²) in [6.45, 7) is 0. The van der Waals surface area contributed by atoms with Crippen LogP contribution in [0.25, 0.3) is 10.8 Å². The maximum atomic E-state index is 13.1. The molecule has 1 heterocycles. The lowest BCUT2D eigenvalue weighted by molar-refractivity contribution is -0.385. The molecule has 2 amide bonds. The molecular formula is C24H18N6O5. The van der Waals surface area contributed by atoms with E-state index >= 15 is 0 Å². The first-order valence-electron chi connectivity index (χ1n) is 10.4. The maximum Gasteiger partial charge on any atom is 0.278 e. The fourth-order valence-electron chi connectivity index (χ4n) is 3.41. The Balaban J connectivity index is 1.68. The number of fused-ring (bicyclic) bond motifs is 1. The second kappa shape index (κ2) is 10.2. The van der Waals surface area contributed by atoms with E-state index in [1.807, 2.05) is 0 Å². The minimum atomic E-state index is -1.34. The van der Waals surface area contributed by atoms with Crippen molar-refractivity contribution in [2.24, 2.45) is 5.10 Å². The summed E-state index contributed by atoms with van der Waals surface area (Å²) in [4.78, 5) is 48.8. The molecule has 3 aromatic carbocycles. The summed E-state index contributed by atoms with van der Waals surface area (Å²) in [6, 6.07) is 19.3. The minimum Gasteiger partial charge on any atom is -0.335 e. The number of amides is 2. The van der Waals surface area contributed by atoms with Gasteiger partial charge in [-0.2, -0.15) is 10.2 Å². The van der Waals surface area contributed by atoms with Crippen LogP contribution >= 0.6 is 0 Å². The zero-order valence-electron chi connectivity index (χ0n) is 18.0. The van der Waals surface area contributed by atoms with Gasteiger partial charge < -0.3 is 5.32 Å². The number of H-pyrrole nitrogens is 1. The van der Waals surface area contributed by atoms with E-state index in [1.165, 1.54) is 18.2 Å². The van der Waals surface area contributed by atoms with E-state index in [-0.39, 0.29) is 22.3 Å². The van der Waals surface area contributed by atoms with Crippen molar-refractivity contribution < 1.29 is 14.5 Å². The zero-order chi connectivity index (χ0) is 24.8. The molecule has 0 bridgehead atoms. The van der Waals surface area contributed by atoms with Gasteiger partial charge in [0, 0.05) is 17.0 Å². The Morgan fingerprint density at radius 1 is 0.971 bits per heavy atom. The molecule has 0 saturated carbocycles. The van der Waals surface area contributed by atoms with Gasteiger partial charge in [-0.25, -0.2) is 10.5 Å². The number of para-hydroxylation sites is 1. The Morgan fingerprint density at radius 2 is 1.63 bits per heavy atom. The number of aromatic nitrogens is 2. The monoisotopic (exact) mass is 470 g/mol. The smallest absolute Gasteiger partial charge is 0.278 e. The predicted octanol–water partition coefficient (Wildman–Crippen LogP) is 2.45. The number of benzene rings is 3. The maximum absolute atomic E-state index is 13.1. The molecular weight excluding hydrogens is 452 g/mol. The van der Waals surface area contributed by atoms with Gasteiger partial charge in [0.2, 0.25) is 0 Å². The number of hydrogen-bond acceptors (Lipinski definition) is 7. The van der Waals surface area contributed by atoms with Crippen molar-refractivity contribution in [1.29, 1.82) is 0 Å².